The first kappa shape index (κ1) is 13.6. The maximum Gasteiger partial charge on any atom is 0.336 e. The van der Waals surface area contributed by atoms with Gasteiger partial charge in [-0.2, -0.15) is 0 Å². The quantitative estimate of drug-likeness (QED) is 0.511. The third kappa shape index (κ3) is 2.11. The molecule has 0 aliphatic rings. The van der Waals surface area contributed by atoms with Crippen molar-refractivity contribution in [2.75, 3.05) is 7.11 Å². The Kier molecular flexibility index (Phi) is 2.98. The van der Waals surface area contributed by atoms with Gasteiger partial charge in [0.2, 0.25) is 0 Å². The van der Waals surface area contributed by atoms with Crippen molar-refractivity contribution in [1.29, 1.82) is 0 Å². The molecule has 2 heterocycles. The molecule has 0 N–H and O–H groups in total. The van der Waals surface area contributed by atoms with Crippen LogP contribution in [0.5, 0.6) is 5.75 Å². The van der Waals surface area contributed by atoms with Crippen molar-refractivity contribution < 1.29 is 13.6 Å². The van der Waals surface area contributed by atoms with Crippen LogP contribution in [-0.4, -0.2) is 7.11 Å². The highest BCUT2D eigenvalue weighted by Gasteiger charge is 2.19. The van der Waals surface area contributed by atoms with Gasteiger partial charge in [0.1, 0.15) is 11.2 Å². The second kappa shape index (κ2) is 5.02. The molecule has 2 aromatic heterocycles. The molecule has 0 bridgehead atoms. The summed E-state index contributed by atoms with van der Waals surface area (Å²) < 4.78 is 16.8. The Labute approximate surface area is 131 Å². The Bertz CT molecular complexity index is 1090. The molecule has 114 valence electrons. The van der Waals surface area contributed by atoms with Crippen LogP contribution in [0.4, 0.5) is 0 Å². The maximum atomic E-state index is 12.0. The van der Waals surface area contributed by atoms with Gasteiger partial charge in [-0.05, 0) is 30.7 Å². The highest BCUT2D eigenvalue weighted by atomic mass is 16.5. The average Bonchev–Trinajstić information content (AvgIpc) is 2.92. The van der Waals surface area contributed by atoms with Crippen LogP contribution in [0.2, 0.25) is 0 Å². The summed E-state index contributed by atoms with van der Waals surface area (Å²) in [5.74, 6) is 1.16. The van der Waals surface area contributed by atoms with Crippen molar-refractivity contribution in [3.8, 4) is 17.1 Å². The van der Waals surface area contributed by atoms with Gasteiger partial charge in [-0.25, -0.2) is 4.79 Å². The van der Waals surface area contributed by atoms with Gasteiger partial charge in [0.25, 0.3) is 0 Å². The lowest BCUT2D eigenvalue weighted by molar-refractivity contribution is 0.414. The summed E-state index contributed by atoms with van der Waals surface area (Å²) in [5, 5.41) is 1.69. The maximum absolute atomic E-state index is 12.0. The molecule has 4 nitrogen and oxygen atoms in total. The standard InChI is InChI=1S/C19H14O4/c1-11-7-8-12-14(10-17(20)22-16(12)9-11)19-18(21-2)13-5-3-4-6-15(13)23-19/h3-10H,1-2H3. The first-order chi connectivity index (χ1) is 11.2. The van der Waals surface area contributed by atoms with Crippen molar-refractivity contribution >= 4 is 21.9 Å². The first-order valence-electron chi connectivity index (χ1n) is 7.28. The van der Waals surface area contributed by atoms with Gasteiger partial charge in [0.15, 0.2) is 11.5 Å². The van der Waals surface area contributed by atoms with Crippen molar-refractivity contribution in [2.45, 2.75) is 6.92 Å². The fraction of sp³-hybridized carbons (Fsp3) is 0.105. The molecule has 0 saturated heterocycles. The number of benzene rings is 2. The molecular formula is C19H14O4. The number of hydrogen-bond donors (Lipinski definition) is 0. The Hall–Kier alpha value is -3.01. The molecule has 4 heteroatoms. The van der Waals surface area contributed by atoms with Crippen LogP contribution in [0.15, 0.2) is 62.2 Å². The molecule has 4 rings (SSSR count). The Morgan fingerprint density at radius 1 is 0.913 bits per heavy atom. The van der Waals surface area contributed by atoms with E-state index < -0.39 is 5.63 Å². The fourth-order valence-corrected chi connectivity index (χ4v) is 2.86. The molecule has 2 aromatic carbocycles. The minimum atomic E-state index is -0.416. The van der Waals surface area contributed by atoms with Gasteiger partial charge < -0.3 is 13.6 Å². The van der Waals surface area contributed by atoms with E-state index in [0.29, 0.717) is 28.2 Å². The van der Waals surface area contributed by atoms with Crippen LogP contribution in [0.3, 0.4) is 0 Å². The summed E-state index contributed by atoms with van der Waals surface area (Å²) >= 11 is 0. The number of fused-ring (bicyclic) bond motifs is 2. The van der Waals surface area contributed by atoms with E-state index in [2.05, 4.69) is 0 Å². The zero-order chi connectivity index (χ0) is 16.0. The highest BCUT2D eigenvalue weighted by Crippen LogP contribution is 2.41. The van der Waals surface area contributed by atoms with E-state index >= 15 is 0 Å². The molecule has 0 amide bonds. The normalized spacial score (nSPS) is 11.2. The third-order valence-corrected chi connectivity index (χ3v) is 3.90. The first-order valence-corrected chi connectivity index (χ1v) is 7.28. The Balaban J connectivity index is 2.12. The molecule has 0 aliphatic carbocycles. The molecule has 0 fully saturated rings. The second-order valence-electron chi connectivity index (χ2n) is 5.44. The lowest BCUT2D eigenvalue weighted by Crippen LogP contribution is -1.98. The van der Waals surface area contributed by atoms with E-state index in [1.807, 2.05) is 49.4 Å². The molecule has 0 radical (unpaired) electrons. The van der Waals surface area contributed by atoms with Crippen LogP contribution >= 0.6 is 0 Å². The van der Waals surface area contributed by atoms with Crippen LogP contribution in [0.25, 0.3) is 33.3 Å². The summed E-state index contributed by atoms with van der Waals surface area (Å²) in [6.45, 7) is 1.95. The predicted octanol–water partition coefficient (Wildman–Crippen LogP) is 4.52. The Morgan fingerprint density at radius 2 is 1.74 bits per heavy atom. The summed E-state index contributed by atoms with van der Waals surface area (Å²) in [4.78, 5) is 12.0. The molecule has 23 heavy (non-hydrogen) atoms. The SMILES string of the molecule is COc1c(-c2cc(=O)oc3cc(C)ccc23)oc2ccccc12. The lowest BCUT2D eigenvalue weighted by Gasteiger charge is -2.05. The van der Waals surface area contributed by atoms with E-state index in [4.69, 9.17) is 13.6 Å². The minimum absolute atomic E-state index is 0.416. The molecule has 0 saturated carbocycles. The summed E-state index contributed by atoms with van der Waals surface area (Å²) in [5.41, 5.74) is 2.53. The van der Waals surface area contributed by atoms with Crippen LogP contribution in [-0.2, 0) is 0 Å². The van der Waals surface area contributed by atoms with Crippen LogP contribution in [0, 0.1) is 6.92 Å². The van der Waals surface area contributed by atoms with Crippen LogP contribution < -0.4 is 10.4 Å². The zero-order valence-corrected chi connectivity index (χ0v) is 12.8. The predicted molar refractivity (Wildman–Crippen MR) is 89.0 cm³/mol. The van der Waals surface area contributed by atoms with Gasteiger partial charge in [0.05, 0.1) is 12.5 Å². The topological polar surface area (TPSA) is 52.6 Å². The van der Waals surface area contributed by atoms with E-state index in [1.54, 1.807) is 7.11 Å². The molecule has 0 unspecified atom stereocenters. The largest absolute Gasteiger partial charge is 0.492 e. The zero-order valence-electron chi connectivity index (χ0n) is 12.8. The average molecular weight is 306 g/mol. The smallest absolute Gasteiger partial charge is 0.336 e. The van der Waals surface area contributed by atoms with Crippen molar-refractivity contribution in [3.05, 3.63) is 64.5 Å². The number of para-hydroxylation sites is 1. The number of rotatable bonds is 2. The summed E-state index contributed by atoms with van der Waals surface area (Å²) in [7, 11) is 1.60. The van der Waals surface area contributed by atoms with E-state index in [9.17, 15) is 4.79 Å². The molecule has 0 aliphatic heterocycles. The minimum Gasteiger partial charge on any atom is -0.492 e. The van der Waals surface area contributed by atoms with E-state index in [0.717, 1.165) is 16.3 Å². The van der Waals surface area contributed by atoms with Crippen molar-refractivity contribution in [3.63, 3.8) is 0 Å². The number of aryl methyl sites for hydroxylation is 1. The van der Waals surface area contributed by atoms with Gasteiger partial charge in [-0.15, -0.1) is 0 Å². The van der Waals surface area contributed by atoms with Gasteiger partial charge in [-0.1, -0.05) is 24.3 Å². The molecule has 0 atom stereocenters. The van der Waals surface area contributed by atoms with E-state index in [-0.39, 0.29) is 0 Å². The second-order valence-corrected chi connectivity index (χ2v) is 5.44. The summed E-state index contributed by atoms with van der Waals surface area (Å²) in [6, 6.07) is 14.8. The molecule has 4 aromatic rings. The summed E-state index contributed by atoms with van der Waals surface area (Å²) in [6.07, 6.45) is 0. The fourth-order valence-electron chi connectivity index (χ4n) is 2.86. The number of methoxy groups -OCH3 is 1. The van der Waals surface area contributed by atoms with Gasteiger partial charge >= 0.3 is 5.63 Å². The molecular weight excluding hydrogens is 292 g/mol. The number of furan rings is 1. The van der Waals surface area contributed by atoms with Crippen molar-refractivity contribution in [1.82, 2.24) is 0 Å². The molecule has 0 spiro atoms. The highest BCUT2D eigenvalue weighted by molar-refractivity contribution is 5.99. The lowest BCUT2D eigenvalue weighted by atomic mass is 10.1. The van der Waals surface area contributed by atoms with Gasteiger partial charge in [0, 0.05) is 17.0 Å². The van der Waals surface area contributed by atoms with E-state index in [1.165, 1.54) is 6.07 Å². The Morgan fingerprint density at radius 3 is 2.57 bits per heavy atom. The van der Waals surface area contributed by atoms with Crippen molar-refractivity contribution in [2.24, 2.45) is 0 Å². The van der Waals surface area contributed by atoms with Crippen LogP contribution in [0.1, 0.15) is 5.56 Å². The number of ether oxygens (including phenoxy) is 1. The number of hydrogen-bond acceptors (Lipinski definition) is 4. The van der Waals surface area contributed by atoms with Gasteiger partial charge in [-0.3, -0.25) is 0 Å². The third-order valence-electron chi connectivity index (χ3n) is 3.90. The monoisotopic (exact) mass is 306 g/mol.